The van der Waals surface area contributed by atoms with Gasteiger partial charge in [0.25, 0.3) is 0 Å². The molecule has 0 rings (SSSR count). The van der Waals surface area contributed by atoms with Gasteiger partial charge in [0.2, 0.25) is 17.7 Å². The van der Waals surface area contributed by atoms with E-state index in [-0.39, 0.29) is 25.2 Å². The summed E-state index contributed by atoms with van der Waals surface area (Å²) in [4.78, 5) is 71.5. The predicted octanol–water partition coefficient (Wildman–Crippen LogP) is -1.24. The summed E-state index contributed by atoms with van der Waals surface area (Å²) < 4.78 is 0. The summed E-state index contributed by atoms with van der Waals surface area (Å²) in [6.45, 7) is 3.95. The van der Waals surface area contributed by atoms with Gasteiger partial charge < -0.3 is 42.7 Å². The van der Waals surface area contributed by atoms with Crippen molar-refractivity contribution in [2.75, 3.05) is 6.54 Å². The van der Waals surface area contributed by atoms with Crippen LogP contribution in [0.4, 0.5) is 0 Å². The Hall–Kier alpha value is -3.26. The van der Waals surface area contributed by atoms with Crippen LogP contribution in [0, 0.1) is 5.92 Å². The van der Waals surface area contributed by atoms with Crippen molar-refractivity contribution in [3.05, 3.63) is 0 Å². The highest BCUT2D eigenvalue weighted by atomic mass is 16.4. The van der Waals surface area contributed by atoms with Crippen LogP contribution in [0.5, 0.6) is 0 Å². The zero-order valence-electron chi connectivity index (χ0n) is 20.7. The van der Waals surface area contributed by atoms with Gasteiger partial charge in [-0.3, -0.25) is 24.0 Å². The number of carboxylic acid groups (broad SMARTS) is 3. The van der Waals surface area contributed by atoms with E-state index in [2.05, 4.69) is 16.0 Å². The summed E-state index contributed by atoms with van der Waals surface area (Å²) in [5.41, 5.74) is 11.3. The molecular weight excluding hydrogens is 478 g/mol. The van der Waals surface area contributed by atoms with E-state index in [0.717, 1.165) is 0 Å². The molecular formula is C22H39N5O9. The molecule has 0 bridgehead atoms. The van der Waals surface area contributed by atoms with Crippen LogP contribution in [0.25, 0.3) is 0 Å². The molecule has 0 fully saturated rings. The number of carbonyl (C=O) groups is 6. The Morgan fingerprint density at radius 3 is 1.64 bits per heavy atom. The fraction of sp³-hybridized carbons (Fsp3) is 0.727. The van der Waals surface area contributed by atoms with E-state index in [1.807, 2.05) is 0 Å². The van der Waals surface area contributed by atoms with Crippen LogP contribution in [-0.4, -0.2) is 81.7 Å². The monoisotopic (exact) mass is 517 g/mol. The normalized spacial score (nSPS) is 14.2. The fourth-order valence-corrected chi connectivity index (χ4v) is 3.23. The van der Waals surface area contributed by atoms with Crippen LogP contribution in [0.1, 0.15) is 65.2 Å². The van der Waals surface area contributed by atoms with Crippen molar-refractivity contribution in [1.82, 2.24) is 16.0 Å². The molecule has 14 nitrogen and oxygen atoms in total. The van der Waals surface area contributed by atoms with Gasteiger partial charge in [0, 0.05) is 12.8 Å². The first-order valence-corrected chi connectivity index (χ1v) is 11.8. The molecule has 0 radical (unpaired) electrons. The number of carboxylic acids is 3. The van der Waals surface area contributed by atoms with Gasteiger partial charge in [-0.05, 0) is 44.6 Å². The third-order valence-electron chi connectivity index (χ3n) is 5.19. The van der Waals surface area contributed by atoms with E-state index in [4.69, 9.17) is 21.7 Å². The maximum absolute atomic E-state index is 13.0. The molecule has 0 saturated heterocycles. The van der Waals surface area contributed by atoms with Gasteiger partial charge >= 0.3 is 17.9 Å². The first-order valence-electron chi connectivity index (χ1n) is 11.8. The average Bonchev–Trinajstić information content (AvgIpc) is 2.77. The number of nitrogens with two attached hydrogens (primary N) is 2. The topological polar surface area (TPSA) is 251 Å². The second-order valence-electron chi connectivity index (χ2n) is 8.91. The van der Waals surface area contributed by atoms with E-state index >= 15 is 0 Å². The standard InChI is InChI=1S/C22H39N5O9/c1-12(2)11-16(21(34)26-15(22(35)36)7-9-18(30)31)27-20(33)14(6-8-17(28)29)25-19(32)13(24)5-3-4-10-23/h12-16H,3-11,23-24H2,1-2H3,(H,25,32)(H,26,34)(H,27,33)(H,28,29)(H,30,31)(H,35,36). The lowest BCUT2D eigenvalue weighted by molar-refractivity contribution is -0.143. The average molecular weight is 518 g/mol. The molecule has 4 unspecified atom stereocenters. The molecule has 14 heteroatoms. The molecule has 206 valence electrons. The summed E-state index contributed by atoms with van der Waals surface area (Å²) in [6.07, 6.45) is 0.0704. The van der Waals surface area contributed by atoms with Crippen molar-refractivity contribution in [2.24, 2.45) is 17.4 Å². The molecule has 0 aliphatic carbocycles. The second kappa shape index (κ2) is 17.2. The fourth-order valence-electron chi connectivity index (χ4n) is 3.23. The number of hydrogen-bond acceptors (Lipinski definition) is 8. The van der Waals surface area contributed by atoms with E-state index in [1.54, 1.807) is 13.8 Å². The van der Waals surface area contributed by atoms with Crippen molar-refractivity contribution < 1.29 is 44.1 Å². The Morgan fingerprint density at radius 1 is 0.694 bits per heavy atom. The second-order valence-corrected chi connectivity index (χ2v) is 8.91. The van der Waals surface area contributed by atoms with Gasteiger partial charge in [0.05, 0.1) is 6.04 Å². The smallest absolute Gasteiger partial charge is 0.326 e. The van der Waals surface area contributed by atoms with Crippen LogP contribution >= 0.6 is 0 Å². The lowest BCUT2D eigenvalue weighted by atomic mass is 10.0. The molecule has 4 atom stereocenters. The molecule has 3 amide bonds. The Morgan fingerprint density at radius 2 is 1.17 bits per heavy atom. The number of rotatable bonds is 19. The zero-order chi connectivity index (χ0) is 27.8. The summed E-state index contributed by atoms with van der Waals surface area (Å²) >= 11 is 0. The quantitative estimate of drug-likeness (QED) is 0.0940. The molecule has 0 aromatic rings. The third-order valence-corrected chi connectivity index (χ3v) is 5.19. The summed E-state index contributed by atoms with van der Waals surface area (Å²) in [5, 5.41) is 34.2. The largest absolute Gasteiger partial charge is 0.481 e. The molecule has 0 aliphatic heterocycles. The van der Waals surface area contributed by atoms with Crippen molar-refractivity contribution in [2.45, 2.75) is 89.4 Å². The summed E-state index contributed by atoms with van der Waals surface area (Å²) in [7, 11) is 0. The van der Waals surface area contributed by atoms with Crippen molar-refractivity contribution >= 4 is 35.6 Å². The highest BCUT2D eigenvalue weighted by Gasteiger charge is 2.31. The highest BCUT2D eigenvalue weighted by Crippen LogP contribution is 2.09. The zero-order valence-corrected chi connectivity index (χ0v) is 20.7. The van der Waals surface area contributed by atoms with Gasteiger partial charge in [0.1, 0.15) is 18.1 Å². The lowest BCUT2D eigenvalue weighted by Crippen LogP contribution is -2.57. The number of unbranched alkanes of at least 4 members (excludes halogenated alkanes) is 1. The Kier molecular flexibility index (Phi) is 15.7. The van der Waals surface area contributed by atoms with Gasteiger partial charge in [-0.25, -0.2) is 4.79 Å². The Balaban J connectivity index is 5.51. The Labute approximate surface area is 209 Å². The molecule has 0 aromatic carbocycles. The molecule has 0 aromatic heterocycles. The van der Waals surface area contributed by atoms with Gasteiger partial charge in [-0.2, -0.15) is 0 Å². The molecule has 36 heavy (non-hydrogen) atoms. The van der Waals surface area contributed by atoms with E-state index in [1.165, 1.54) is 0 Å². The van der Waals surface area contributed by atoms with Gasteiger partial charge in [-0.15, -0.1) is 0 Å². The molecule has 0 heterocycles. The third kappa shape index (κ3) is 14.2. The number of amides is 3. The van der Waals surface area contributed by atoms with Crippen molar-refractivity contribution in [3.8, 4) is 0 Å². The highest BCUT2D eigenvalue weighted by molar-refractivity contribution is 5.94. The maximum atomic E-state index is 13.0. The van der Waals surface area contributed by atoms with E-state index < -0.39 is 72.6 Å². The van der Waals surface area contributed by atoms with Crippen molar-refractivity contribution in [3.63, 3.8) is 0 Å². The minimum absolute atomic E-state index is 0.0983. The maximum Gasteiger partial charge on any atom is 0.326 e. The van der Waals surface area contributed by atoms with Crippen LogP contribution in [-0.2, 0) is 28.8 Å². The van der Waals surface area contributed by atoms with E-state index in [9.17, 15) is 33.9 Å². The van der Waals surface area contributed by atoms with Crippen molar-refractivity contribution in [1.29, 1.82) is 0 Å². The molecule has 0 spiro atoms. The van der Waals surface area contributed by atoms with Crippen LogP contribution < -0.4 is 27.4 Å². The molecule has 0 aliphatic rings. The Bertz CT molecular complexity index is 775. The number of aliphatic carboxylic acids is 3. The molecule has 0 saturated carbocycles. The lowest BCUT2D eigenvalue weighted by Gasteiger charge is -2.26. The van der Waals surface area contributed by atoms with Gasteiger partial charge in [-0.1, -0.05) is 20.3 Å². The van der Waals surface area contributed by atoms with Crippen LogP contribution in [0.15, 0.2) is 0 Å². The van der Waals surface area contributed by atoms with E-state index in [0.29, 0.717) is 25.8 Å². The number of hydrogen-bond donors (Lipinski definition) is 8. The van der Waals surface area contributed by atoms with Crippen LogP contribution in [0.2, 0.25) is 0 Å². The first kappa shape index (κ1) is 32.7. The minimum Gasteiger partial charge on any atom is -0.481 e. The first-order chi connectivity index (χ1) is 16.8. The number of nitrogens with one attached hydrogen (secondary N) is 3. The number of carbonyl (C=O) groups excluding carboxylic acids is 3. The summed E-state index contributed by atoms with van der Waals surface area (Å²) in [5.74, 6) is -6.34. The SMILES string of the molecule is CC(C)CC(NC(=O)C(CCC(=O)O)NC(=O)C(N)CCCCN)C(=O)NC(CCC(=O)O)C(=O)O. The van der Waals surface area contributed by atoms with Crippen LogP contribution in [0.3, 0.4) is 0 Å². The minimum atomic E-state index is -1.49. The van der Waals surface area contributed by atoms with Gasteiger partial charge in [0.15, 0.2) is 0 Å². The summed E-state index contributed by atoms with van der Waals surface area (Å²) in [6, 6.07) is -4.96. The predicted molar refractivity (Wildman–Crippen MR) is 128 cm³/mol. The molecule has 10 N–H and O–H groups in total.